The maximum atomic E-state index is 11.9. The van der Waals surface area contributed by atoms with Gasteiger partial charge in [0.25, 0.3) is 0 Å². The molecule has 0 aromatic rings. The van der Waals surface area contributed by atoms with Crippen LogP contribution < -0.4 is 5.32 Å². The Morgan fingerprint density at radius 2 is 2.19 bits per heavy atom. The van der Waals surface area contributed by atoms with E-state index in [1.54, 1.807) is 4.90 Å². The van der Waals surface area contributed by atoms with Crippen LogP contribution in [0.5, 0.6) is 0 Å². The largest absolute Gasteiger partial charge is 0.335 e. The van der Waals surface area contributed by atoms with Crippen molar-refractivity contribution < 1.29 is 4.79 Å². The molecule has 2 amide bonds. The highest BCUT2D eigenvalue weighted by molar-refractivity contribution is 5.74. The molecule has 4 nitrogen and oxygen atoms in total. The molecule has 16 heavy (non-hydrogen) atoms. The van der Waals surface area contributed by atoms with Gasteiger partial charge >= 0.3 is 6.03 Å². The van der Waals surface area contributed by atoms with E-state index >= 15 is 0 Å². The lowest BCUT2D eigenvalue weighted by Gasteiger charge is -2.24. The molecular formula is C12H21N3O. The fraction of sp³-hybridized carbons (Fsp3) is 0.833. The number of hydrogen-bond acceptors (Lipinski definition) is 2. The first-order valence-corrected chi connectivity index (χ1v) is 6.12. The maximum Gasteiger partial charge on any atom is 0.317 e. The Hall–Kier alpha value is -1.24. The molecule has 0 aliphatic heterocycles. The van der Waals surface area contributed by atoms with Gasteiger partial charge in [-0.05, 0) is 26.7 Å². The van der Waals surface area contributed by atoms with Crippen molar-refractivity contribution in [3.8, 4) is 6.07 Å². The Labute approximate surface area is 97.6 Å². The van der Waals surface area contributed by atoms with Gasteiger partial charge < -0.3 is 10.2 Å². The van der Waals surface area contributed by atoms with Crippen LogP contribution in [-0.4, -0.2) is 30.1 Å². The second-order valence-corrected chi connectivity index (χ2v) is 4.50. The smallest absolute Gasteiger partial charge is 0.317 e. The highest BCUT2D eigenvalue weighted by Crippen LogP contribution is 2.17. The molecule has 0 aromatic heterocycles. The summed E-state index contributed by atoms with van der Waals surface area (Å²) in [4.78, 5) is 13.6. The number of nitrogens with one attached hydrogen (secondary N) is 1. The summed E-state index contributed by atoms with van der Waals surface area (Å²) in [5.74, 6) is -0.103. The molecule has 1 N–H and O–H groups in total. The van der Waals surface area contributed by atoms with Crippen LogP contribution in [0.3, 0.4) is 0 Å². The molecule has 0 aromatic carbocycles. The second-order valence-electron chi connectivity index (χ2n) is 4.50. The van der Waals surface area contributed by atoms with Gasteiger partial charge in [0.15, 0.2) is 0 Å². The predicted molar refractivity (Wildman–Crippen MR) is 62.8 cm³/mol. The van der Waals surface area contributed by atoms with Crippen LogP contribution in [-0.2, 0) is 0 Å². The van der Waals surface area contributed by atoms with Crippen molar-refractivity contribution in [2.24, 2.45) is 5.92 Å². The molecule has 1 rings (SSSR count). The van der Waals surface area contributed by atoms with E-state index < -0.39 is 0 Å². The first kappa shape index (κ1) is 12.8. The molecule has 1 fully saturated rings. The van der Waals surface area contributed by atoms with E-state index in [-0.39, 0.29) is 11.9 Å². The van der Waals surface area contributed by atoms with Crippen LogP contribution >= 0.6 is 0 Å². The summed E-state index contributed by atoms with van der Waals surface area (Å²) in [5, 5.41) is 11.8. The van der Waals surface area contributed by atoms with Gasteiger partial charge in [0, 0.05) is 19.1 Å². The zero-order chi connectivity index (χ0) is 12.0. The molecule has 0 saturated heterocycles. The van der Waals surface area contributed by atoms with Crippen molar-refractivity contribution in [1.82, 2.24) is 10.2 Å². The Morgan fingerprint density at radius 3 is 2.69 bits per heavy atom. The normalized spacial score (nSPS) is 17.8. The molecule has 0 spiro atoms. The minimum absolute atomic E-state index is 0.0171. The third kappa shape index (κ3) is 3.73. The van der Waals surface area contributed by atoms with Crippen LogP contribution in [0.15, 0.2) is 0 Å². The quantitative estimate of drug-likeness (QED) is 0.793. The minimum Gasteiger partial charge on any atom is -0.335 e. The second kappa shape index (κ2) is 6.37. The third-order valence-corrected chi connectivity index (χ3v) is 3.07. The van der Waals surface area contributed by atoms with Gasteiger partial charge in [0.1, 0.15) is 0 Å². The molecule has 1 unspecified atom stereocenters. The first-order valence-electron chi connectivity index (χ1n) is 6.12. The van der Waals surface area contributed by atoms with E-state index in [2.05, 4.69) is 11.4 Å². The average molecular weight is 223 g/mol. The van der Waals surface area contributed by atoms with Crippen molar-refractivity contribution in [2.45, 2.75) is 45.6 Å². The van der Waals surface area contributed by atoms with E-state index in [1.165, 1.54) is 12.8 Å². The number of rotatable bonds is 4. The van der Waals surface area contributed by atoms with Gasteiger partial charge in [0.05, 0.1) is 12.0 Å². The van der Waals surface area contributed by atoms with Gasteiger partial charge in [-0.1, -0.05) is 12.8 Å². The average Bonchev–Trinajstić information content (AvgIpc) is 2.77. The molecule has 1 saturated carbocycles. The van der Waals surface area contributed by atoms with E-state index in [4.69, 9.17) is 5.26 Å². The topological polar surface area (TPSA) is 56.1 Å². The van der Waals surface area contributed by atoms with E-state index in [1.807, 2.05) is 13.8 Å². The molecule has 1 aliphatic carbocycles. The highest BCUT2D eigenvalue weighted by atomic mass is 16.2. The van der Waals surface area contributed by atoms with Crippen molar-refractivity contribution in [3.63, 3.8) is 0 Å². The predicted octanol–water partition coefficient (Wildman–Crippen LogP) is 2.12. The van der Waals surface area contributed by atoms with Crippen molar-refractivity contribution in [1.29, 1.82) is 5.26 Å². The SMILES string of the molecule is CCN(CC(C)C#N)C(=O)NC1CCCC1. The zero-order valence-electron chi connectivity index (χ0n) is 10.2. The first-order chi connectivity index (χ1) is 7.67. The Morgan fingerprint density at radius 1 is 1.56 bits per heavy atom. The lowest BCUT2D eigenvalue weighted by molar-refractivity contribution is 0.192. The van der Waals surface area contributed by atoms with Crippen LogP contribution in [0.1, 0.15) is 39.5 Å². The van der Waals surface area contributed by atoms with Gasteiger partial charge in [-0.3, -0.25) is 0 Å². The number of hydrogen-bond donors (Lipinski definition) is 1. The van der Waals surface area contributed by atoms with Crippen molar-refractivity contribution in [2.75, 3.05) is 13.1 Å². The lowest BCUT2D eigenvalue weighted by Crippen LogP contribution is -2.45. The molecule has 90 valence electrons. The lowest BCUT2D eigenvalue weighted by atomic mass is 10.2. The van der Waals surface area contributed by atoms with E-state index in [9.17, 15) is 4.79 Å². The van der Waals surface area contributed by atoms with Crippen LogP contribution in [0.4, 0.5) is 4.79 Å². The molecule has 1 atom stereocenters. The molecular weight excluding hydrogens is 202 g/mol. The van der Waals surface area contributed by atoms with Crippen molar-refractivity contribution in [3.05, 3.63) is 0 Å². The van der Waals surface area contributed by atoms with Crippen molar-refractivity contribution >= 4 is 6.03 Å². The van der Waals surface area contributed by atoms with Crippen LogP contribution in [0.25, 0.3) is 0 Å². The third-order valence-electron chi connectivity index (χ3n) is 3.07. The number of nitrogens with zero attached hydrogens (tertiary/aromatic N) is 2. The number of urea groups is 1. The molecule has 0 heterocycles. The number of amides is 2. The summed E-state index contributed by atoms with van der Waals surface area (Å²) >= 11 is 0. The highest BCUT2D eigenvalue weighted by Gasteiger charge is 2.20. The maximum absolute atomic E-state index is 11.9. The number of nitriles is 1. The van der Waals surface area contributed by atoms with Gasteiger partial charge in [0.2, 0.25) is 0 Å². The molecule has 1 aliphatic rings. The summed E-state index contributed by atoms with van der Waals surface area (Å²) in [6.45, 7) is 4.96. The van der Waals surface area contributed by atoms with E-state index in [0.29, 0.717) is 19.1 Å². The van der Waals surface area contributed by atoms with Gasteiger partial charge in [-0.2, -0.15) is 5.26 Å². The van der Waals surface area contributed by atoms with Crippen LogP contribution in [0.2, 0.25) is 0 Å². The summed E-state index contributed by atoms with van der Waals surface area (Å²) in [6, 6.07) is 2.49. The standard InChI is InChI=1S/C12H21N3O/c1-3-15(9-10(2)8-13)12(16)14-11-6-4-5-7-11/h10-11H,3-7,9H2,1-2H3,(H,14,16). The molecule has 0 radical (unpaired) electrons. The summed E-state index contributed by atoms with van der Waals surface area (Å²) < 4.78 is 0. The minimum atomic E-state index is -0.103. The van der Waals surface area contributed by atoms with Crippen LogP contribution in [0, 0.1) is 17.2 Å². The van der Waals surface area contributed by atoms with Gasteiger partial charge in [-0.25, -0.2) is 4.79 Å². The monoisotopic (exact) mass is 223 g/mol. The summed E-state index contributed by atoms with van der Waals surface area (Å²) in [6.07, 6.45) is 4.62. The Kier molecular flexibility index (Phi) is 5.10. The number of carbonyl (C=O) groups is 1. The zero-order valence-corrected chi connectivity index (χ0v) is 10.2. The van der Waals surface area contributed by atoms with Gasteiger partial charge in [-0.15, -0.1) is 0 Å². The van der Waals surface area contributed by atoms with E-state index in [0.717, 1.165) is 12.8 Å². The summed E-state index contributed by atoms with van der Waals surface area (Å²) in [5.41, 5.74) is 0. The fourth-order valence-electron chi connectivity index (χ4n) is 2.06. The number of carbonyl (C=O) groups excluding carboxylic acids is 1. The molecule has 0 bridgehead atoms. The Balaban J connectivity index is 2.39. The molecule has 4 heteroatoms. The summed E-state index contributed by atoms with van der Waals surface area (Å²) in [7, 11) is 0. The Bertz CT molecular complexity index is 266. The fourth-order valence-corrected chi connectivity index (χ4v) is 2.06.